The molecule has 4 nitrogen and oxygen atoms in total. The quantitative estimate of drug-likeness (QED) is 0.817. The van der Waals surface area contributed by atoms with Gasteiger partial charge < -0.3 is 15.1 Å². The van der Waals surface area contributed by atoms with Gasteiger partial charge in [0.25, 0.3) is 0 Å². The fourth-order valence-electron chi connectivity index (χ4n) is 2.06. The molecule has 0 aliphatic heterocycles. The molecule has 0 bridgehead atoms. The van der Waals surface area contributed by atoms with Crippen molar-refractivity contribution in [2.45, 2.75) is 0 Å². The number of aromatic nitrogens is 1. The second kappa shape index (κ2) is 8.19. The van der Waals surface area contributed by atoms with Crippen molar-refractivity contribution in [1.82, 2.24) is 4.98 Å². The van der Waals surface area contributed by atoms with Crippen LogP contribution in [0.3, 0.4) is 0 Å². The third kappa shape index (κ3) is 4.70. The predicted octanol–water partition coefficient (Wildman–Crippen LogP) is 2.04. The maximum atomic E-state index is 9.05. The number of benzene rings is 1. The maximum Gasteiger partial charge on any atom is 0.0629 e. The van der Waals surface area contributed by atoms with Gasteiger partial charge in [-0.15, -0.1) is 0 Å². The Morgan fingerprint density at radius 2 is 1.62 bits per heavy atom. The molecule has 0 unspecified atom stereocenters. The van der Waals surface area contributed by atoms with Crippen molar-refractivity contribution in [1.29, 1.82) is 0 Å². The van der Waals surface area contributed by atoms with Crippen LogP contribution in [0, 0.1) is 0 Å². The lowest BCUT2D eigenvalue weighted by molar-refractivity contribution is 0.281. The molecule has 110 valence electrons. The van der Waals surface area contributed by atoms with Crippen molar-refractivity contribution in [2.75, 3.05) is 31.2 Å². The van der Waals surface area contributed by atoms with E-state index in [9.17, 15) is 0 Å². The van der Waals surface area contributed by atoms with Gasteiger partial charge in [0.05, 0.1) is 18.9 Å². The van der Waals surface area contributed by atoms with E-state index in [1.807, 2.05) is 59.5 Å². The lowest BCUT2D eigenvalue weighted by Crippen LogP contribution is -2.29. The standard InChI is InChI=1S/C17H20N2O2/c20-13-11-19(12-14-21)17-8-5-15(6-9-17)4-7-16-3-1-2-10-18-16/h1-10,20-21H,11-14H2/b7-4+. The molecule has 0 aliphatic rings. The van der Waals surface area contributed by atoms with Gasteiger partial charge in [0.15, 0.2) is 0 Å². The summed E-state index contributed by atoms with van der Waals surface area (Å²) in [4.78, 5) is 6.19. The Bertz CT molecular complexity index is 547. The van der Waals surface area contributed by atoms with Crippen LogP contribution in [0.5, 0.6) is 0 Å². The largest absolute Gasteiger partial charge is 0.395 e. The van der Waals surface area contributed by atoms with Crippen molar-refractivity contribution < 1.29 is 10.2 Å². The number of nitrogens with zero attached hydrogens (tertiary/aromatic N) is 2. The second-order valence-electron chi connectivity index (χ2n) is 4.61. The van der Waals surface area contributed by atoms with Crippen molar-refractivity contribution >= 4 is 17.8 Å². The zero-order valence-electron chi connectivity index (χ0n) is 11.9. The van der Waals surface area contributed by atoms with Crippen LogP contribution < -0.4 is 4.90 Å². The fraction of sp³-hybridized carbons (Fsp3) is 0.235. The fourth-order valence-corrected chi connectivity index (χ4v) is 2.06. The number of hydrogen-bond acceptors (Lipinski definition) is 4. The van der Waals surface area contributed by atoms with E-state index < -0.39 is 0 Å². The predicted molar refractivity (Wildman–Crippen MR) is 86.0 cm³/mol. The molecule has 0 saturated carbocycles. The van der Waals surface area contributed by atoms with Crippen LogP contribution >= 0.6 is 0 Å². The normalized spacial score (nSPS) is 11.0. The average molecular weight is 284 g/mol. The third-order valence-electron chi connectivity index (χ3n) is 3.13. The molecule has 0 amide bonds. The van der Waals surface area contributed by atoms with Crippen molar-refractivity contribution in [3.8, 4) is 0 Å². The SMILES string of the molecule is OCCN(CCO)c1ccc(/C=C/c2ccccn2)cc1. The van der Waals surface area contributed by atoms with E-state index in [4.69, 9.17) is 10.2 Å². The first-order valence-electron chi connectivity index (χ1n) is 6.99. The number of aliphatic hydroxyl groups is 2. The smallest absolute Gasteiger partial charge is 0.0629 e. The highest BCUT2D eigenvalue weighted by Gasteiger charge is 2.04. The number of pyridine rings is 1. The summed E-state index contributed by atoms with van der Waals surface area (Å²) in [5, 5.41) is 18.1. The first-order chi connectivity index (χ1) is 10.3. The van der Waals surface area contributed by atoms with Crippen LogP contribution in [0.4, 0.5) is 5.69 Å². The van der Waals surface area contributed by atoms with Gasteiger partial charge in [0.1, 0.15) is 0 Å². The zero-order chi connectivity index (χ0) is 14.9. The number of rotatable bonds is 7. The molecule has 0 fully saturated rings. The number of anilines is 1. The molecule has 4 heteroatoms. The third-order valence-corrected chi connectivity index (χ3v) is 3.13. The van der Waals surface area contributed by atoms with E-state index in [2.05, 4.69) is 4.98 Å². The number of aliphatic hydroxyl groups excluding tert-OH is 2. The molecule has 1 aromatic heterocycles. The summed E-state index contributed by atoms with van der Waals surface area (Å²) >= 11 is 0. The van der Waals surface area contributed by atoms with Crippen LogP contribution in [0.2, 0.25) is 0 Å². The molecular weight excluding hydrogens is 264 g/mol. The summed E-state index contributed by atoms with van der Waals surface area (Å²) in [6.45, 7) is 1.18. The van der Waals surface area contributed by atoms with E-state index in [-0.39, 0.29) is 13.2 Å². The Morgan fingerprint density at radius 1 is 0.905 bits per heavy atom. The van der Waals surface area contributed by atoms with Gasteiger partial charge in [-0.05, 0) is 35.9 Å². The van der Waals surface area contributed by atoms with Crippen LogP contribution in [0.1, 0.15) is 11.3 Å². The molecule has 2 rings (SSSR count). The highest BCUT2D eigenvalue weighted by atomic mass is 16.3. The van der Waals surface area contributed by atoms with Crippen LogP contribution in [0.25, 0.3) is 12.2 Å². The molecular formula is C17H20N2O2. The Hall–Kier alpha value is -2.17. The summed E-state index contributed by atoms with van der Waals surface area (Å²) in [6, 6.07) is 13.8. The Balaban J connectivity index is 2.06. The van der Waals surface area contributed by atoms with Crippen molar-refractivity contribution in [3.63, 3.8) is 0 Å². The minimum Gasteiger partial charge on any atom is -0.395 e. The minimum absolute atomic E-state index is 0.0708. The zero-order valence-corrected chi connectivity index (χ0v) is 11.9. The topological polar surface area (TPSA) is 56.6 Å². The minimum atomic E-state index is 0.0708. The van der Waals surface area contributed by atoms with Gasteiger partial charge in [-0.3, -0.25) is 4.98 Å². The maximum absolute atomic E-state index is 9.05. The first kappa shape index (κ1) is 15.2. The van der Waals surface area contributed by atoms with Gasteiger partial charge in [0, 0.05) is 25.0 Å². The summed E-state index contributed by atoms with van der Waals surface area (Å²) in [5.41, 5.74) is 2.99. The summed E-state index contributed by atoms with van der Waals surface area (Å²) in [7, 11) is 0. The van der Waals surface area contributed by atoms with Gasteiger partial charge in [0.2, 0.25) is 0 Å². The van der Waals surface area contributed by atoms with Crippen molar-refractivity contribution in [2.24, 2.45) is 0 Å². The lowest BCUT2D eigenvalue weighted by atomic mass is 10.1. The Labute approximate surface area is 125 Å². The van der Waals surface area contributed by atoms with Gasteiger partial charge in [-0.2, -0.15) is 0 Å². The van der Waals surface area contributed by atoms with E-state index in [1.54, 1.807) is 6.20 Å². The number of hydrogen-bond donors (Lipinski definition) is 2. The monoisotopic (exact) mass is 284 g/mol. The summed E-state index contributed by atoms with van der Waals surface area (Å²) in [6.07, 6.45) is 5.74. The van der Waals surface area contributed by atoms with Gasteiger partial charge in [-0.25, -0.2) is 0 Å². The van der Waals surface area contributed by atoms with Crippen LogP contribution in [-0.2, 0) is 0 Å². The van der Waals surface area contributed by atoms with E-state index in [0.29, 0.717) is 13.1 Å². The summed E-state index contributed by atoms with van der Waals surface area (Å²) < 4.78 is 0. The molecule has 1 heterocycles. The molecule has 2 N–H and O–H groups in total. The summed E-state index contributed by atoms with van der Waals surface area (Å²) in [5.74, 6) is 0. The van der Waals surface area contributed by atoms with Gasteiger partial charge in [-0.1, -0.05) is 24.3 Å². The molecule has 0 atom stereocenters. The van der Waals surface area contributed by atoms with Gasteiger partial charge >= 0.3 is 0 Å². The lowest BCUT2D eigenvalue weighted by Gasteiger charge is -2.22. The highest BCUT2D eigenvalue weighted by Crippen LogP contribution is 2.16. The van der Waals surface area contributed by atoms with Crippen molar-refractivity contribution in [3.05, 3.63) is 59.9 Å². The first-order valence-corrected chi connectivity index (χ1v) is 6.99. The van der Waals surface area contributed by atoms with Crippen LogP contribution in [-0.4, -0.2) is 41.5 Å². The molecule has 1 aromatic carbocycles. The second-order valence-corrected chi connectivity index (χ2v) is 4.61. The Kier molecular flexibility index (Phi) is 5.94. The molecule has 0 saturated heterocycles. The molecule has 0 radical (unpaired) electrons. The van der Waals surface area contributed by atoms with E-state index >= 15 is 0 Å². The van der Waals surface area contributed by atoms with E-state index in [0.717, 1.165) is 16.9 Å². The molecule has 0 aliphatic carbocycles. The molecule has 2 aromatic rings. The van der Waals surface area contributed by atoms with Crippen LogP contribution in [0.15, 0.2) is 48.7 Å². The average Bonchev–Trinajstić information content (AvgIpc) is 2.54. The molecule has 0 spiro atoms. The molecule has 21 heavy (non-hydrogen) atoms. The van der Waals surface area contributed by atoms with E-state index in [1.165, 1.54) is 0 Å². The highest BCUT2D eigenvalue weighted by molar-refractivity contribution is 5.69. The Morgan fingerprint density at radius 3 is 2.19 bits per heavy atom.